The van der Waals surface area contributed by atoms with E-state index in [2.05, 4.69) is 14.7 Å². The second kappa shape index (κ2) is 8.46. The van der Waals surface area contributed by atoms with Crippen molar-refractivity contribution in [1.29, 1.82) is 0 Å². The molecule has 0 atom stereocenters. The van der Waals surface area contributed by atoms with Gasteiger partial charge in [0.1, 0.15) is 28.2 Å². The highest BCUT2D eigenvalue weighted by molar-refractivity contribution is 7.13. The number of aromatic nitrogens is 3. The van der Waals surface area contributed by atoms with Gasteiger partial charge in [-0.1, -0.05) is 42.0 Å². The number of hydrogen-bond donors (Lipinski definition) is 1. The number of rotatable bonds is 6. The van der Waals surface area contributed by atoms with Crippen molar-refractivity contribution in [2.45, 2.75) is 20.4 Å². The fourth-order valence-corrected chi connectivity index (χ4v) is 3.87. The van der Waals surface area contributed by atoms with E-state index < -0.39 is 0 Å². The predicted molar refractivity (Wildman–Crippen MR) is 118 cm³/mol. The number of hydrogen-bond acceptors (Lipinski definition) is 6. The Kier molecular flexibility index (Phi) is 5.58. The predicted octanol–water partition coefficient (Wildman–Crippen LogP) is 3.87. The van der Waals surface area contributed by atoms with E-state index in [0.29, 0.717) is 34.0 Å². The van der Waals surface area contributed by atoms with Crippen molar-refractivity contribution in [1.82, 2.24) is 13.9 Å². The van der Waals surface area contributed by atoms with Crippen LogP contribution >= 0.6 is 11.5 Å². The molecule has 0 spiro atoms. The fourth-order valence-electron chi connectivity index (χ4n) is 3.06. The molecule has 0 aliphatic carbocycles. The van der Waals surface area contributed by atoms with Gasteiger partial charge in [0.05, 0.1) is 18.6 Å². The number of benzene rings is 2. The van der Waals surface area contributed by atoms with Gasteiger partial charge in [-0.3, -0.25) is 14.2 Å². The summed E-state index contributed by atoms with van der Waals surface area (Å²) in [5.74, 6) is 0.244. The van der Waals surface area contributed by atoms with Crippen molar-refractivity contribution in [2.24, 2.45) is 0 Å². The lowest BCUT2D eigenvalue weighted by Crippen LogP contribution is -2.27. The highest BCUT2D eigenvalue weighted by Gasteiger charge is 2.16. The summed E-state index contributed by atoms with van der Waals surface area (Å²) in [6.07, 6.45) is 1.39. The molecule has 1 amide bonds. The number of amides is 1. The molecule has 30 heavy (non-hydrogen) atoms. The topological polar surface area (TPSA) is 86.1 Å². The molecule has 0 saturated heterocycles. The molecule has 4 rings (SSSR count). The largest absolute Gasteiger partial charge is 0.492 e. The smallest absolute Gasteiger partial charge is 0.273 e. The zero-order valence-corrected chi connectivity index (χ0v) is 17.4. The van der Waals surface area contributed by atoms with Gasteiger partial charge in [-0.25, -0.2) is 4.98 Å². The van der Waals surface area contributed by atoms with Gasteiger partial charge in [0.15, 0.2) is 0 Å². The summed E-state index contributed by atoms with van der Waals surface area (Å²) >= 11 is 1.10. The zero-order chi connectivity index (χ0) is 21.1. The number of nitrogens with one attached hydrogen (secondary N) is 1. The number of anilines is 1. The lowest BCUT2D eigenvalue weighted by molar-refractivity contribution is -0.116. The molecule has 0 bridgehead atoms. The first-order valence-electron chi connectivity index (χ1n) is 9.50. The molecule has 2 aromatic carbocycles. The van der Waals surface area contributed by atoms with Crippen LogP contribution in [0.1, 0.15) is 12.5 Å². The minimum atomic E-state index is -0.339. The Morgan fingerprint density at radius 3 is 2.70 bits per heavy atom. The first-order chi connectivity index (χ1) is 14.6. The molecule has 1 N–H and O–H groups in total. The molecule has 7 nitrogen and oxygen atoms in total. The number of ether oxygens (including phenoxy) is 1. The average molecular weight is 420 g/mol. The summed E-state index contributed by atoms with van der Waals surface area (Å²) in [6.45, 7) is 4.22. The first-order valence-corrected chi connectivity index (χ1v) is 10.3. The van der Waals surface area contributed by atoms with Crippen molar-refractivity contribution in [3.05, 3.63) is 70.8 Å². The van der Waals surface area contributed by atoms with Crippen molar-refractivity contribution in [3.8, 4) is 17.0 Å². The van der Waals surface area contributed by atoms with Gasteiger partial charge in [-0.05, 0) is 37.5 Å². The Morgan fingerprint density at radius 2 is 1.93 bits per heavy atom. The lowest BCUT2D eigenvalue weighted by Gasteiger charge is -2.11. The monoisotopic (exact) mass is 420 g/mol. The lowest BCUT2D eigenvalue weighted by atomic mass is 10.1. The quantitative estimate of drug-likeness (QED) is 0.512. The summed E-state index contributed by atoms with van der Waals surface area (Å²) in [5, 5.41) is 2.79. The van der Waals surface area contributed by atoms with Gasteiger partial charge >= 0.3 is 0 Å². The third-order valence-electron chi connectivity index (χ3n) is 4.55. The van der Waals surface area contributed by atoms with Crippen LogP contribution in [0.5, 0.6) is 5.75 Å². The van der Waals surface area contributed by atoms with Gasteiger partial charge in [0, 0.05) is 5.56 Å². The maximum Gasteiger partial charge on any atom is 0.273 e. The number of para-hydroxylation sites is 2. The highest BCUT2D eigenvalue weighted by atomic mass is 32.1. The fraction of sp³-hybridized carbons (Fsp3) is 0.182. The Morgan fingerprint density at radius 1 is 1.17 bits per heavy atom. The van der Waals surface area contributed by atoms with Crippen molar-refractivity contribution in [2.75, 3.05) is 11.9 Å². The van der Waals surface area contributed by atoms with Gasteiger partial charge in [0.2, 0.25) is 5.91 Å². The first kappa shape index (κ1) is 19.8. The van der Waals surface area contributed by atoms with Crippen LogP contribution in [0, 0.1) is 6.92 Å². The number of carbonyl (C=O) groups excluding carboxylic acids is 1. The number of nitrogens with zero attached hydrogens (tertiary/aromatic N) is 3. The minimum absolute atomic E-state index is 0.153. The summed E-state index contributed by atoms with van der Waals surface area (Å²) in [6, 6.07) is 15.1. The summed E-state index contributed by atoms with van der Waals surface area (Å²) < 4.78 is 11.7. The zero-order valence-electron chi connectivity index (χ0n) is 16.6. The van der Waals surface area contributed by atoms with Crippen molar-refractivity contribution in [3.63, 3.8) is 0 Å². The SMILES string of the molecule is CCOc1ccccc1NC(=O)Cn1cnc2c(-c3ccc(C)cc3)nsc2c1=O. The molecule has 2 aromatic heterocycles. The second-order valence-corrected chi connectivity index (χ2v) is 7.50. The van der Waals surface area contributed by atoms with Gasteiger partial charge < -0.3 is 10.1 Å². The maximum atomic E-state index is 12.9. The van der Waals surface area contributed by atoms with Crippen molar-refractivity contribution >= 4 is 33.3 Å². The molecule has 2 heterocycles. The molecular weight excluding hydrogens is 400 g/mol. The second-order valence-electron chi connectivity index (χ2n) is 6.73. The normalized spacial score (nSPS) is 10.9. The van der Waals surface area contributed by atoms with Crippen LogP contribution < -0.4 is 15.6 Å². The average Bonchev–Trinajstić information content (AvgIpc) is 3.17. The number of carbonyl (C=O) groups is 1. The molecule has 8 heteroatoms. The van der Waals surface area contributed by atoms with E-state index in [1.807, 2.05) is 50.2 Å². The van der Waals surface area contributed by atoms with Gasteiger partial charge in [-0.15, -0.1) is 0 Å². The minimum Gasteiger partial charge on any atom is -0.492 e. The van der Waals surface area contributed by atoms with E-state index in [-0.39, 0.29) is 18.0 Å². The Bertz CT molecular complexity index is 1260. The van der Waals surface area contributed by atoms with Crippen molar-refractivity contribution < 1.29 is 9.53 Å². The van der Waals surface area contributed by atoms with Crippen LogP contribution in [0.15, 0.2) is 59.7 Å². The third-order valence-corrected chi connectivity index (χ3v) is 5.37. The maximum absolute atomic E-state index is 12.9. The molecular formula is C22H20N4O3S. The van der Waals surface area contributed by atoms with E-state index in [1.165, 1.54) is 10.9 Å². The Balaban J connectivity index is 1.58. The van der Waals surface area contributed by atoms with Crippen LogP contribution in [0.3, 0.4) is 0 Å². The third kappa shape index (κ3) is 3.95. The summed E-state index contributed by atoms with van der Waals surface area (Å²) in [4.78, 5) is 29.8. The van der Waals surface area contributed by atoms with E-state index in [1.54, 1.807) is 12.1 Å². The molecule has 0 fully saturated rings. The van der Waals surface area contributed by atoms with E-state index in [0.717, 1.165) is 22.7 Å². The molecule has 0 saturated carbocycles. The van der Waals surface area contributed by atoms with Crippen LogP contribution in [0.25, 0.3) is 21.5 Å². The van der Waals surface area contributed by atoms with Crippen LogP contribution in [-0.4, -0.2) is 26.4 Å². The summed E-state index contributed by atoms with van der Waals surface area (Å²) in [7, 11) is 0. The van der Waals surface area contributed by atoms with E-state index in [4.69, 9.17) is 4.74 Å². The van der Waals surface area contributed by atoms with Crippen LogP contribution in [-0.2, 0) is 11.3 Å². The Hall–Kier alpha value is -3.52. The molecule has 0 unspecified atom stereocenters. The van der Waals surface area contributed by atoms with E-state index in [9.17, 15) is 9.59 Å². The number of fused-ring (bicyclic) bond motifs is 1. The molecule has 0 aliphatic heterocycles. The molecule has 4 aromatic rings. The molecule has 152 valence electrons. The number of aryl methyl sites for hydroxylation is 1. The Labute approximate surface area is 177 Å². The highest BCUT2D eigenvalue weighted by Crippen LogP contribution is 2.27. The molecule has 0 aliphatic rings. The molecule has 0 radical (unpaired) electrons. The van der Waals surface area contributed by atoms with Gasteiger partial charge in [-0.2, -0.15) is 4.37 Å². The standard InChI is InChI=1S/C22H20N4O3S/c1-3-29-17-7-5-4-6-16(17)24-18(27)12-26-13-23-20-19(25-30-21(20)22(26)28)15-10-8-14(2)9-11-15/h4-11,13H,3,12H2,1-2H3,(H,24,27). The van der Waals surface area contributed by atoms with Crippen LogP contribution in [0.4, 0.5) is 5.69 Å². The van der Waals surface area contributed by atoms with Gasteiger partial charge in [0.25, 0.3) is 5.56 Å². The summed E-state index contributed by atoms with van der Waals surface area (Å²) in [5.41, 5.74) is 3.55. The van der Waals surface area contributed by atoms with E-state index >= 15 is 0 Å². The van der Waals surface area contributed by atoms with Crippen LogP contribution in [0.2, 0.25) is 0 Å².